The van der Waals surface area contributed by atoms with Crippen LogP contribution in [-0.2, 0) is 11.3 Å². The van der Waals surface area contributed by atoms with Gasteiger partial charge in [-0.15, -0.1) is 0 Å². The molecule has 25 heavy (non-hydrogen) atoms. The Hall–Kier alpha value is -3.03. The molecule has 0 heterocycles. The Morgan fingerprint density at radius 2 is 1.80 bits per heavy atom. The maximum absolute atomic E-state index is 12.2. The maximum Gasteiger partial charge on any atom is 0.471 e. The monoisotopic (exact) mass is 352 g/mol. The standard InChI is InChI=1S/C17H15F3N2O3/c1-25-14-7-3-5-12(9-14)15(23)22-13-6-2-4-11(8-13)10-21-16(24)17(18,19)20/h2-9H,10H2,1H3,(H,21,24)(H,22,23). The average molecular weight is 352 g/mol. The molecule has 0 aliphatic heterocycles. The summed E-state index contributed by atoms with van der Waals surface area (Å²) in [6.07, 6.45) is -4.93. The number of hydrogen-bond acceptors (Lipinski definition) is 3. The van der Waals surface area contributed by atoms with Crippen LogP contribution < -0.4 is 15.4 Å². The van der Waals surface area contributed by atoms with Crippen molar-refractivity contribution >= 4 is 17.5 Å². The molecular weight excluding hydrogens is 337 g/mol. The number of nitrogens with one attached hydrogen (secondary N) is 2. The quantitative estimate of drug-likeness (QED) is 0.869. The van der Waals surface area contributed by atoms with Gasteiger partial charge >= 0.3 is 12.1 Å². The predicted molar refractivity (Wildman–Crippen MR) is 85.3 cm³/mol. The lowest BCUT2D eigenvalue weighted by atomic mass is 10.1. The highest BCUT2D eigenvalue weighted by Gasteiger charge is 2.38. The zero-order chi connectivity index (χ0) is 18.4. The summed E-state index contributed by atoms with van der Waals surface area (Å²) in [5.74, 6) is -1.88. The van der Waals surface area contributed by atoms with E-state index in [1.54, 1.807) is 41.7 Å². The second-order valence-electron chi connectivity index (χ2n) is 5.07. The minimum atomic E-state index is -4.93. The number of anilines is 1. The first-order chi connectivity index (χ1) is 11.8. The molecule has 5 nitrogen and oxygen atoms in total. The van der Waals surface area contributed by atoms with Crippen molar-refractivity contribution in [2.24, 2.45) is 0 Å². The zero-order valence-electron chi connectivity index (χ0n) is 13.2. The fourth-order valence-corrected chi connectivity index (χ4v) is 2.01. The van der Waals surface area contributed by atoms with Crippen molar-refractivity contribution in [2.45, 2.75) is 12.7 Å². The van der Waals surface area contributed by atoms with Crippen LogP contribution in [0.3, 0.4) is 0 Å². The average Bonchev–Trinajstić information content (AvgIpc) is 2.59. The molecule has 8 heteroatoms. The van der Waals surface area contributed by atoms with Crippen LogP contribution in [0.15, 0.2) is 48.5 Å². The van der Waals surface area contributed by atoms with E-state index in [0.717, 1.165) is 0 Å². The van der Waals surface area contributed by atoms with E-state index < -0.39 is 18.0 Å². The molecular formula is C17H15F3N2O3. The first-order valence-corrected chi connectivity index (χ1v) is 7.19. The molecule has 2 rings (SSSR count). The van der Waals surface area contributed by atoms with Gasteiger partial charge in [0.15, 0.2) is 0 Å². The molecule has 0 aromatic heterocycles. The number of carbonyl (C=O) groups excluding carboxylic acids is 2. The van der Waals surface area contributed by atoms with Crippen molar-refractivity contribution in [3.8, 4) is 5.75 Å². The number of alkyl halides is 3. The van der Waals surface area contributed by atoms with Crippen molar-refractivity contribution in [1.29, 1.82) is 0 Å². The Bertz CT molecular complexity index is 776. The van der Waals surface area contributed by atoms with Crippen LogP contribution in [0, 0.1) is 0 Å². The third-order valence-corrected chi connectivity index (χ3v) is 3.23. The fourth-order valence-electron chi connectivity index (χ4n) is 2.01. The molecule has 2 amide bonds. The summed E-state index contributed by atoms with van der Waals surface area (Å²) < 4.78 is 41.6. The second-order valence-corrected chi connectivity index (χ2v) is 5.07. The van der Waals surface area contributed by atoms with Gasteiger partial charge in [0.2, 0.25) is 0 Å². The number of amides is 2. The van der Waals surface area contributed by atoms with E-state index in [0.29, 0.717) is 22.6 Å². The number of benzene rings is 2. The SMILES string of the molecule is COc1cccc(C(=O)Nc2cccc(CNC(=O)C(F)(F)F)c2)c1. The molecule has 0 saturated carbocycles. The molecule has 2 aromatic rings. The minimum absolute atomic E-state index is 0.304. The molecule has 0 atom stereocenters. The van der Waals surface area contributed by atoms with Crippen LogP contribution >= 0.6 is 0 Å². The van der Waals surface area contributed by atoms with Gasteiger partial charge in [0.25, 0.3) is 5.91 Å². The lowest BCUT2D eigenvalue weighted by molar-refractivity contribution is -0.173. The Morgan fingerprint density at radius 3 is 2.48 bits per heavy atom. The molecule has 0 aliphatic carbocycles. The third kappa shape index (κ3) is 5.23. The van der Waals surface area contributed by atoms with E-state index in [4.69, 9.17) is 4.74 Å². The highest BCUT2D eigenvalue weighted by Crippen LogP contribution is 2.17. The molecule has 2 N–H and O–H groups in total. The normalized spacial score (nSPS) is 10.9. The Morgan fingerprint density at radius 1 is 1.08 bits per heavy atom. The molecule has 2 aromatic carbocycles. The van der Waals surface area contributed by atoms with E-state index in [9.17, 15) is 22.8 Å². The Kier molecular flexibility index (Phi) is 5.63. The first-order valence-electron chi connectivity index (χ1n) is 7.19. The van der Waals surface area contributed by atoms with Gasteiger partial charge in [0.1, 0.15) is 5.75 Å². The van der Waals surface area contributed by atoms with Crippen molar-refractivity contribution in [3.05, 3.63) is 59.7 Å². The fraction of sp³-hybridized carbons (Fsp3) is 0.176. The van der Waals surface area contributed by atoms with E-state index in [-0.39, 0.29) is 6.54 Å². The topological polar surface area (TPSA) is 67.4 Å². The van der Waals surface area contributed by atoms with Crippen LogP contribution in [0.5, 0.6) is 5.75 Å². The molecule has 0 unspecified atom stereocenters. The second kappa shape index (κ2) is 7.69. The van der Waals surface area contributed by atoms with Gasteiger partial charge in [-0.3, -0.25) is 9.59 Å². The number of methoxy groups -OCH3 is 1. The van der Waals surface area contributed by atoms with Crippen molar-refractivity contribution in [1.82, 2.24) is 5.32 Å². The molecule has 0 saturated heterocycles. The molecule has 0 spiro atoms. The highest BCUT2D eigenvalue weighted by atomic mass is 19.4. The van der Waals surface area contributed by atoms with Crippen LogP contribution in [0.2, 0.25) is 0 Å². The van der Waals surface area contributed by atoms with Crippen molar-refractivity contribution < 1.29 is 27.5 Å². The summed E-state index contributed by atoms with van der Waals surface area (Å²) >= 11 is 0. The largest absolute Gasteiger partial charge is 0.497 e. The van der Waals surface area contributed by atoms with Crippen LogP contribution in [0.4, 0.5) is 18.9 Å². The number of hydrogen-bond donors (Lipinski definition) is 2. The van der Waals surface area contributed by atoms with Gasteiger partial charge in [0, 0.05) is 17.8 Å². The molecule has 0 aliphatic rings. The summed E-state index contributed by atoms with van der Waals surface area (Å²) in [6, 6.07) is 12.7. The van der Waals surface area contributed by atoms with Crippen molar-refractivity contribution in [3.63, 3.8) is 0 Å². The van der Waals surface area contributed by atoms with Crippen LogP contribution in [0.25, 0.3) is 0 Å². The first kappa shape index (κ1) is 18.3. The van der Waals surface area contributed by atoms with Crippen LogP contribution in [-0.4, -0.2) is 25.1 Å². The Labute approximate surface area is 141 Å². The maximum atomic E-state index is 12.2. The van der Waals surface area contributed by atoms with Gasteiger partial charge in [-0.05, 0) is 35.9 Å². The summed E-state index contributed by atoms with van der Waals surface area (Å²) in [5, 5.41) is 4.41. The predicted octanol–water partition coefficient (Wildman–Crippen LogP) is 3.13. The number of carbonyl (C=O) groups is 2. The molecule has 132 valence electrons. The summed E-state index contributed by atoms with van der Waals surface area (Å²) in [6.45, 7) is -0.304. The third-order valence-electron chi connectivity index (χ3n) is 3.23. The summed E-state index contributed by atoms with van der Waals surface area (Å²) in [4.78, 5) is 23.0. The molecule has 0 radical (unpaired) electrons. The van der Waals surface area contributed by atoms with E-state index in [2.05, 4.69) is 5.32 Å². The van der Waals surface area contributed by atoms with E-state index in [1.165, 1.54) is 19.2 Å². The van der Waals surface area contributed by atoms with Gasteiger partial charge < -0.3 is 15.4 Å². The van der Waals surface area contributed by atoms with E-state index >= 15 is 0 Å². The number of ether oxygens (including phenoxy) is 1. The highest BCUT2D eigenvalue weighted by molar-refractivity contribution is 6.04. The smallest absolute Gasteiger partial charge is 0.471 e. The summed E-state index contributed by atoms with van der Waals surface area (Å²) in [7, 11) is 1.48. The zero-order valence-corrected chi connectivity index (χ0v) is 13.2. The molecule has 0 fully saturated rings. The van der Waals surface area contributed by atoms with Gasteiger partial charge in [0.05, 0.1) is 7.11 Å². The molecule has 0 bridgehead atoms. The lowest BCUT2D eigenvalue weighted by Crippen LogP contribution is -2.36. The van der Waals surface area contributed by atoms with Gasteiger partial charge in [-0.1, -0.05) is 18.2 Å². The van der Waals surface area contributed by atoms with Crippen LogP contribution in [0.1, 0.15) is 15.9 Å². The number of halogens is 3. The number of rotatable bonds is 5. The lowest BCUT2D eigenvalue weighted by Gasteiger charge is -2.10. The van der Waals surface area contributed by atoms with E-state index in [1.807, 2.05) is 0 Å². The van der Waals surface area contributed by atoms with Gasteiger partial charge in [-0.25, -0.2) is 0 Å². The minimum Gasteiger partial charge on any atom is -0.497 e. The van der Waals surface area contributed by atoms with Crippen molar-refractivity contribution in [2.75, 3.05) is 12.4 Å². The van der Waals surface area contributed by atoms with Gasteiger partial charge in [-0.2, -0.15) is 13.2 Å². The summed E-state index contributed by atoms with van der Waals surface area (Å²) in [5.41, 5.74) is 1.18. The Balaban J connectivity index is 2.03.